The molecule has 0 spiro atoms. The summed E-state index contributed by atoms with van der Waals surface area (Å²) in [6.45, 7) is 3.64. The second kappa shape index (κ2) is 7.40. The summed E-state index contributed by atoms with van der Waals surface area (Å²) in [6, 6.07) is 19.9. The number of rotatable bonds is 4. The topological polar surface area (TPSA) is 49.6 Å². The first-order chi connectivity index (χ1) is 11.2. The van der Waals surface area contributed by atoms with Crippen molar-refractivity contribution in [3.05, 3.63) is 71.8 Å². The van der Waals surface area contributed by atoms with Gasteiger partial charge in [-0.3, -0.25) is 9.69 Å². The number of hydrogen-bond acceptors (Lipinski definition) is 3. The molecule has 1 heterocycles. The first-order valence-corrected chi connectivity index (χ1v) is 8.07. The molecule has 120 valence electrons. The van der Waals surface area contributed by atoms with Gasteiger partial charge in [0.05, 0.1) is 6.04 Å². The first-order valence-electron chi connectivity index (χ1n) is 8.07. The van der Waals surface area contributed by atoms with Gasteiger partial charge in [-0.1, -0.05) is 60.7 Å². The van der Waals surface area contributed by atoms with Gasteiger partial charge in [0.2, 0.25) is 5.91 Å². The van der Waals surface area contributed by atoms with Crippen LogP contribution >= 0.6 is 0 Å². The summed E-state index contributed by atoms with van der Waals surface area (Å²) >= 11 is 0. The molecule has 0 aliphatic carbocycles. The maximum atomic E-state index is 12.5. The molecule has 2 aromatic rings. The van der Waals surface area contributed by atoms with Crippen molar-refractivity contribution in [3.8, 4) is 0 Å². The fourth-order valence-corrected chi connectivity index (χ4v) is 3.00. The second-order valence-corrected chi connectivity index (χ2v) is 6.07. The molecule has 1 aliphatic rings. The lowest BCUT2D eigenvalue weighted by Gasteiger charge is -2.22. The Bertz CT molecular complexity index is 630. The minimum absolute atomic E-state index is 0.0458. The van der Waals surface area contributed by atoms with E-state index in [1.54, 1.807) is 0 Å². The first kappa shape index (κ1) is 15.7. The van der Waals surface area contributed by atoms with Crippen LogP contribution in [0.4, 0.5) is 0 Å². The SMILES string of the molecule is NC1CN(Cc2ccccc2)CCN(Cc2ccccc2)C1=O. The average Bonchev–Trinajstić information content (AvgIpc) is 2.71. The highest BCUT2D eigenvalue weighted by molar-refractivity contribution is 5.82. The number of amides is 1. The molecule has 1 atom stereocenters. The normalized spacial score (nSPS) is 19.6. The van der Waals surface area contributed by atoms with Crippen molar-refractivity contribution in [2.45, 2.75) is 19.1 Å². The lowest BCUT2D eigenvalue weighted by atomic mass is 10.2. The van der Waals surface area contributed by atoms with Crippen molar-refractivity contribution in [2.24, 2.45) is 5.73 Å². The van der Waals surface area contributed by atoms with Crippen molar-refractivity contribution in [2.75, 3.05) is 19.6 Å². The zero-order valence-corrected chi connectivity index (χ0v) is 13.3. The quantitative estimate of drug-likeness (QED) is 0.938. The summed E-state index contributed by atoms with van der Waals surface area (Å²) in [7, 11) is 0. The van der Waals surface area contributed by atoms with E-state index >= 15 is 0 Å². The molecule has 1 aliphatic heterocycles. The third-order valence-corrected chi connectivity index (χ3v) is 4.24. The number of nitrogens with two attached hydrogens (primary N) is 1. The van der Waals surface area contributed by atoms with Crippen molar-refractivity contribution in [3.63, 3.8) is 0 Å². The van der Waals surface area contributed by atoms with Gasteiger partial charge < -0.3 is 10.6 Å². The Morgan fingerprint density at radius 3 is 2.04 bits per heavy atom. The standard InChI is InChI=1S/C19H23N3O/c20-18-15-21(13-16-7-3-1-4-8-16)11-12-22(19(18)23)14-17-9-5-2-6-10-17/h1-10,18H,11-15,20H2. The molecule has 23 heavy (non-hydrogen) atoms. The molecule has 2 N–H and O–H groups in total. The van der Waals surface area contributed by atoms with Crippen LogP contribution in [0.2, 0.25) is 0 Å². The molecule has 1 saturated heterocycles. The molecule has 1 unspecified atom stereocenters. The van der Waals surface area contributed by atoms with Gasteiger partial charge in [0, 0.05) is 32.7 Å². The number of hydrogen-bond donors (Lipinski definition) is 1. The smallest absolute Gasteiger partial charge is 0.241 e. The summed E-state index contributed by atoms with van der Waals surface area (Å²) in [4.78, 5) is 16.7. The van der Waals surface area contributed by atoms with E-state index in [-0.39, 0.29) is 5.91 Å². The Balaban J connectivity index is 1.66. The van der Waals surface area contributed by atoms with Crippen LogP contribution in [-0.4, -0.2) is 41.4 Å². The zero-order valence-electron chi connectivity index (χ0n) is 13.3. The fraction of sp³-hybridized carbons (Fsp3) is 0.316. The third-order valence-electron chi connectivity index (χ3n) is 4.24. The monoisotopic (exact) mass is 309 g/mol. The Morgan fingerprint density at radius 1 is 0.870 bits per heavy atom. The molecule has 4 nitrogen and oxygen atoms in total. The summed E-state index contributed by atoms with van der Waals surface area (Å²) in [6.07, 6.45) is 0. The summed E-state index contributed by atoms with van der Waals surface area (Å²) < 4.78 is 0. The van der Waals surface area contributed by atoms with Crippen molar-refractivity contribution >= 4 is 5.91 Å². The van der Waals surface area contributed by atoms with E-state index in [1.165, 1.54) is 5.56 Å². The number of nitrogens with zero attached hydrogens (tertiary/aromatic N) is 2. The predicted molar refractivity (Wildman–Crippen MR) is 91.6 cm³/mol. The van der Waals surface area contributed by atoms with Gasteiger partial charge in [-0.05, 0) is 11.1 Å². The van der Waals surface area contributed by atoms with E-state index in [2.05, 4.69) is 17.0 Å². The Kier molecular flexibility index (Phi) is 5.05. The summed E-state index contributed by atoms with van der Waals surface area (Å²) in [5.41, 5.74) is 8.53. The number of carbonyl (C=O) groups is 1. The molecule has 1 fully saturated rings. The van der Waals surface area contributed by atoms with E-state index in [1.807, 2.05) is 53.4 Å². The van der Waals surface area contributed by atoms with Crippen LogP contribution in [0.3, 0.4) is 0 Å². The largest absolute Gasteiger partial charge is 0.336 e. The predicted octanol–water partition coefficient (Wildman–Crippen LogP) is 1.86. The van der Waals surface area contributed by atoms with Gasteiger partial charge in [-0.2, -0.15) is 0 Å². The lowest BCUT2D eigenvalue weighted by molar-refractivity contribution is -0.132. The average molecular weight is 309 g/mol. The van der Waals surface area contributed by atoms with Crippen LogP contribution in [0.25, 0.3) is 0 Å². The zero-order chi connectivity index (χ0) is 16.1. The van der Waals surface area contributed by atoms with E-state index in [0.717, 1.165) is 18.7 Å². The Morgan fingerprint density at radius 2 is 1.43 bits per heavy atom. The van der Waals surface area contributed by atoms with Crippen molar-refractivity contribution in [1.29, 1.82) is 0 Å². The van der Waals surface area contributed by atoms with Crippen LogP contribution in [0.5, 0.6) is 0 Å². The van der Waals surface area contributed by atoms with E-state index in [0.29, 0.717) is 19.6 Å². The molecular weight excluding hydrogens is 286 g/mol. The molecule has 4 heteroatoms. The molecule has 1 amide bonds. The molecular formula is C19H23N3O. The second-order valence-electron chi connectivity index (χ2n) is 6.07. The minimum Gasteiger partial charge on any atom is -0.336 e. The van der Waals surface area contributed by atoms with Crippen LogP contribution in [0, 0.1) is 0 Å². The van der Waals surface area contributed by atoms with Gasteiger partial charge in [-0.25, -0.2) is 0 Å². The third kappa shape index (κ3) is 4.18. The van der Waals surface area contributed by atoms with Crippen molar-refractivity contribution < 1.29 is 4.79 Å². The Labute approximate surface area is 137 Å². The van der Waals surface area contributed by atoms with Crippen LogP contribution in [0.1, 0.15) is 11.1 Å². The van der Waals surface area contributed by atoms with Gasteiger partial charge >= 0.3 is 0 Å². The van der Waals surface area contributed by atoms with Crippen LogP contribution in [-0.2, 0) is 17.9 Å². The fourth-order valence-electron chi connectivity index (χ4n) is 3.00. The van der Waals surface area contributed by atoms with E-state index in [4.69, 9.17) is 5.73 Å². The molecule has 0 aromatic heterocycles. The molecule has 3 rings (SSSR count). The lowest BCUT2D eigenvalue weighted by Crippen LogP contribution is -2.45. The summed E-state index contributed by atoms with van der Waals surface area (Å²) in [5, 5.41) is 0. The Hall–Kier alpha value is -2.17. The maximum Gasteiger partial charge on any atom is 0.241 e. The van der Waals surface area contributed by atoms with E-state index < -0.39 is 6.04 Å². The van der Waals surface area contributed by atoms with Gasteiger partial charge in [0.1, 0.15) is 0 Å². The molecule has 0 saturated carbocycles. The van der Waals surface area contributed by atoms with Gasteiger partial charge in [0.15, 0.2) is 0 Å². The van der Waals surface area contributed by atoms with Crippen molar-refractivity contribution in [1.82, 2.24) is 9.80 Å². The molecule has 0 bridgehead atoms. The highest BCUT2D eigenvalue weighted by Gasteiger charge is 2.27. The van der Waals surface area contributed by atoms with Crippen LogP contribution in [0.15, 0.2) is 60.7 Å². The van der Waals surface area contributed by atoms with Gasteiger partial charge in [0.25, 0.3) is 0 Å². The number of carbonyl (C=O) groups excluding carboxylic acids is 1. The maximum absolute atomic E-state index is 12.5. The van der Waals surface area contributed by atoms with E-state index in [9.17, 15) is 4.79 Å². The highest BCUT2D eigenvalue weighted by Crippen LogP contribution is 2.12. The summed E-state index contributed by atoms with van der Waals surface area (Å²) in [5.74, 6) is 0.0458. The molecule has 2 aromatic carbocycles. The van der Waals surface area contributed by atoms with Gasteiger partial charge in [-0.15, -0.1) is 0 Å². The van der Waals surface area contributed by atoms with Crippen LogP contribution < -0.4 is 5.73 Å². The minimum atomic E-state index is -0.454. The molecule has 0 radical (unpaired) electrons. The highest BCUT2D eigenvalue weighted by atomic mass is 16.2. The number of benzene rings is 2.